The number of alkyl halides is 2. The zero-order valence-corrected chi connectivity index (χ0v) is 17.7. The van der Waals surface area contributed by atoms with Crippen LogP contribution in [0.4, 0.5) is 14.6 Å². The highest BCUT2D eigenvalue weighted by Crippen LogP contribution is 2.30. The monoisotopic (exact) mass is 451 g/mol. The van der Waals surface area contributed by atoms with Gasteiger partial charge in [0, 0.05) is 23.8 Å². The van der Waals surface area contributed by atoms with Crippen LogP contribution >= 0.6 is 0 Å². The second-order valence-corrected chi connectivity index (χ2v) is 8.39. The first-order valence-corrected chi connectivity index (χ1v) is 10.8. The summed E-state index contributed by atoms with van der Waals surface area (Å²) in [4.78, 5) is 21.2. The van der Waals surface area contributed by atoms with E-state index in [2.05, 4.69) is 20.6 Å². The van der Waals surface area contributed by atoms with E-state index in [0.29, 0.717) is 48.2 Å². The lowest BCUT2D eigenvalue weighted by molar-refractivity contribution is -0.0241. The Morgan fingerprint density at radius 2 is 1.88 bits per heavy atom. The van der Waals surface area contributed by atoms with Gasteiger partial charge in [0.15, 0.2) is 0 Å². The molecule has 1 aliphatic rings. The summed E-state index contributed by atoms with van der Waals surface area (Å²) in [5, 5.41) is 18.0. The number of amides is 1. The van der Waals surface area contributed by atoms with Crippen LogP contribution in [0.15, 0.2) is 60.9 Å². The third-order valence-corrected chi connectivity index (χ3v) is 6.12. The number of nitrogens with one attached hydrogen (secondary N) is 2. The topological polar surface area (TPSA) is 91.5 Å². The summed E-state index contributed by atoms with van der Waals surface area (Å²) in [6.45, 7) is 0. The first-order valence-electron chi connectivity index (χ1n) is 10.8. The second-order valence-electron chi connectivity index (χ2n) is 8.39. The molecule has 0 aliphatic heterocycles. The minimum Gasteiger partial charge on any atom is -0.371 e. The third-order valence-electron chi connectivity index (χ3n) is 6.12. The van der Waals surface area contributed by atoms with Gasteiger partial charge in [-0.05, 0) is 49.9 Å². The Morgan fingerprint density at radius 1 is 1.12 bits per heavy atom. The largest absolute Gasteiger partial charge is 0.371 e. The number of aliphatic hydroxyl groups is 1. The fourth-order valence-corrected chi connectivity index (χ4v) is 4.39. The Bertz CT molecular complexity index is 1310. The molecule has 1 aliphatic carbocycles. The van der Waals surface area contributed by atoms with Crippen molar-refractivity contribution in [3.63, 3.8) is 0 Å². The number of hydrogen-bond donors (Lipinski definition) is 3. The fourth-order valence-electron chi connectivity index (χ4n) is 4.39. The van der Waals surface area contributed by atoms with E-state index in [9.17, 15) is 18.7 Å². The van der Waals surface area contributed by atoms with Gasteiger partial charge in [-0.2, -0.15) is 0 Å². The molecule has 0 atom stereocenters. The molecule has 3 N–H and O–H groups in total. The van der Waals surface area contributed by atoms with Gasteiger partial charge < -0.3 is 15.7 Å². The van der Waals surface area contributed by atoms with Gasteiger partial charge in [-0.15, -0.1) is 0 Å². The van der Waals surface area contributed by atoms with E-state index in [0.717, 1.165) is 5.39 Å². The molecule has 170 valence electrons. The average Bonchev–Trinajstić information content (AvgIpc) is 3.26. The summed E-state index contributed by atoms with van der Waals surface area (Å²) in [7, 11) is 0. The number of pyridine rings is 2. The van der Waals surface area contributed by atoms with Crippen molar-refractivity contribution >= 4 is 28.3 Å². The molecule has 0 spiro atoms. The SMILES string of the molecule is O=C(NC1(O)CCC(Nc2cccc3nc(C(F)F)cn23)CC1)c1cccc2cccnc12. The fraction of sp³-hybridized carbons (Fsp3) is 0.292. The van der Waals surface area contributed by atoms with E-state index >= 15 is 0 Å². The lowest BCUT2D eigenvalue weighted by atomic mass is 9.87. The van der Waals surface area contributed by atoms with Crippen molar-refractivity contribution in [2.24, 2.45) is 0 Å². The molecule has 0 saturated heterocycles. The third kappa shape index (κ3) is 4.23. The molecule has 1 amide bonds. The number of para-hydroxylation sites is 1. The van der Waals surface area contributed by atoms with Gasteiger partial charge in [-0.1, -0.05) is 24.3 Å². The zero-order chi connectivity index (χ0) is 23.0. The second kappa shape index (κ2) is 8.40. The van der Waals surface area contributed by atoms with Crippen LogP contribution < -0.4 is 10.6 Å². The molecule has 0 radical (unpaired) electrons. The summed E-state index contributed by atoms with van der Waals surface area (Å²) < 4.78 is 27.7. The molecule has 9 heteroatoms. The summed E-state index contributed by atoms with van der Waals surface area (Å²) >= 11 is 0. The van der Waals surface area contributed by atoms with Crippen LogP contribution in [0.1, 0.15) is 48.2 Å². The van der Waals surface area contributed by atoms with E-state index in [1.807, 2.05) is 18.2 Å². The van der Waals surface area contributed by atoms with Gasteiger partial charge in [0.2, 0.25) is 0 Å². The Hall–Kier alpha value is -3.59. The number of imidazole rings is 1. The van der Waals surface area contributed by atoms with Crippen LogP contribution in [0.3, 0.4) is 0 Å². The molecule has 3 heterocycles. The molecule has 33 heavy (non-hydrogen) atoms. The molecule has 0 bridgehead atoms. The van der Waals surface area contributed by atoms with Gasteiger partial charge in [0.1, 0.15) is 22.9 Å². The highest BCUT2D eigenvalue weighted by Gasteiger charge is 2.35. The number of fused-ring (bicyclic) bond motifs is 2. The molecule has 0 unspecified atom stereocenters. The molecule has 1 aromatic carbocycles. The van der Waals surface area contributed by atoms with Gasteiger partial charge in [0.25, 0.3) is 12.3 Å². The van der Waals surface area contributed by atoms with Crippen LogP contribution in [0.25, 0.3) is 16.6 Å². The molecule has 1 fully saturated rings. The van der Waals surface area contributed by atoms with E-state index in [-0.39, 0.29) is 17.6 Å². The molecule has 5 rings (SSSR count). The zero-order valence-electron chi connectivity index (χ0n) is 17.7. The predicted molar refractivity (Wildman–Crippen MR) is 120 cm³/mol. The number of rotatable bonds is 5. The van der Waals surface area contributed by atoms with Crippen molar-refractivity contribution in [1.82, 2.24) is 19.7 Å². The number of halogens is 2. The van der Waals surface area contributed by atoms with Crippen molar-refractivity contribution in [1.29, 1.82) is 0 Å². The van der Waals surface area contributed by atoms with Crippen molar-refractivity contribution < 1.29 is 18.7 Å². The predicted octanol–water partition coefficient (Wildman–Crippen LogP) is 4.29. The number of carbonyl (C=O) groups is 1. The maximum Gasteiger partial charge on any atom is 0.281 e. The number of aromatic nitrogens is 3. The summed E-state index contributed by atoms with van der Waals surface area (Å²) in [5.41, 5.74) is -0.140. The van der Waals surface area contributed by atoms with Crippen LogP contribution in [0.2, 0.25) is 0 Å². The first kappa shape index (κ1) is 21.3. The van der Waals surface area contributed by atoms with Crippen molar-refractivity contribution in [2.75, 3.05) is 5.32 Å². The van der Waals surface area contributed by atoms with Crippen molar-refractivity contribution in [3.05, 3.63) is 72.2 Å². The van der Waals surface area contributed by atoms with E-state index < -0.39 is 12.2 Å². The standard InChI is InChI=1S/C24H23F2N5O2/c25-22(26)18-14-31-19(7-2-8-20(31)29-18)28-16-9-11-24(33,12-10-16)30-23(32)17-6-1-4-15-5-3-13-27-21(15)17/h1-8,13-14,16,22,28,33H,9-12H2,(H,30,32). The molecule has 7 nitrogen and oxygen atoms in total. The minimum atomic E-state index is -2.64. The normalized spacial score (nSPS) is 20.9. The van der Waals surface area contributed by atoms with Gasteiger partial charge in [-0.3, -0.25) is 14.2 Å². The smallest absolute Gasteiger partial charge is 0.281 e. The van der Waals surface area contributed by atoms with Gasteiger partial charge >= 0.3 is 0 Å². The van der Waals surface area contributed by atoms with Gasteiger partial charge in [0.05, 0.1) is 11.1 Å². The summed E-state index contributed by atoms with van der Waals surface area (Å²) in [6, 6.07) is 14.3. The first-order chi connectivity index (χ1) is 15.9. The maximum atomic E-state index is 13.0. The van der Waals surface area contributed by atoms with Crippen molar-refractivity contribution in [3.8, 4) is 0 Å². The Balaban J connectivity index is 1.26. The number of benzene rings is 1. The Morgan fingerprint density at radius 3 is 2.67 bits per heavy atom. The van der Waals surface area contributed by atoms with Gasteiger partial charge in [-0.25, -0.2) is 13.8 Å². The number of nitrogens with zero attached hydrogens (tertiary/aromatic N) is 3. The molecule has 3 aromatic heterocycles. The maximum absolute atomic E-state index is 13.0. The van der Waals surface area contributed by atoms with E-state index in [1.165, 1.54) is 6.20 Å². The number of hydrogen-bond acceptors (Lipinski definition) is 5. The van der Waals surface area contributed by atoms with Crippen LogP contribution in [0, 0.1) is 0 Å². The van der Waals surface area contributed by atoms with E-state index in [1.54, 1.807) is 40.9 Å². The quantitative estimate of drug-likeness (QED) is 0.394. The highest BCUT2D eigenvalue weighted by atomic mass is 19.3. The summed E-state index contributed by atoms with van der Waals surface area (Å²) in [6.07, 6.45) is 2.24. The van der Waals surface area contributed by atoms with Crippen LogP contribution in [0.5, 0.6) is 0 Å². The highest BCUT2D eigenvalue weighted by molar-refractivity contribution is 6.05. The Kier molecular flexibility index (Phi) is 5.41. The van der Waals surface area contributed by atoms with Crippen LogP contribution in [-0.2, 0) is 0 Å². The molecule has 4 aromatic rings. The number of carbonyl (C=O) groups excluding carboxylic acids is 1. The van der Waals surface area contributed by atoms with Crippen LogP contribution in [-0.4, -0.2) is 37.1 Å². The van der Waals surface area contributed by atoms with Crippen molar-refractivity contribution in [2.45, 2.75) is 43.9 Å². The summed E-state index contributed by atoms with van der Waals surface area (Å²) in [5.74, 6) is 0.295. The minimum absolute atomic E-state index is 0.0180. The van der Waals surface area contributed by atoms with E-state index in [4.69, 9.17) is 0 Å². The molecular weight excluding hydrogens is 428 g/mol. The Labute approximate surface area is 188 Å². The molecule has 1 saturated carbocycles. The molecular formula is C24H23F2N5O2. The average molecular weight is 451 g/mol. The lowest BCUT2D eigenvalue weighted by Gasteiger charge is -2.37. The lowest BCUT2D eigenvalue weighted by Crippen LogP contribution is -2.52. The number of anilines is 1.